The van der Waals surface area contributed by atoms with Crippen LogP contribution in [-0.2, 0) is 6.61 Å². The molecule has 0 radical (unpaired) electrons. The number of nitrogens with two attached hydrogens (primary N) is 1. The van der Waals surface area contributed by atoms with E-state index < -0.39 is 0 Å². The number of nitrogen functional groups attached to an aromatic ring is 1. The maximum absolute atomic E-state index is 11.7. The molecule has 1 atom stereocenters. The first-order valence-corrected chi connectivity index (χ1v) is 9.12. The molecule has 0 saturated carbocycles. The molecule has 0 aliphatic carbocycles. The maximum Gasteiger partial charge on any atom is 0.265 e. The molecule has 6 heteroatoms. The third-order valence-electron chi connectivity index (χ3n) is 4.44. The van der Waals surface area contributed by atoms with Crippen LogP contribution in [0.5, 0.6) is 5.75 Å². The highest BCUT2D eigenvalue weighted by atomic mass is 31.0. The summed E-state index contributed by atoms with van der Waals surface area (Å²) in [5.41, 5.74) is 7.45. The Morgan fingerprint density at radius 1 is 1.19 bits per heavy atom. The zero-order chi connectivity index (χ0) is 19.4. The van der Waals surface area contributed by atoms with Crippen molar-refractivity contribution in [3.8, 4) is 17.0 Å². The lowest BCUT2D eigenvalue weighted by Crippen LogP contribution is -2.30. The number of benzene rings is 2. The van der Waals surface area contributed by atoms with Gasteiger partial charge in [0.25, 0.3) is 5.91 Å². The molecular formula is C21H22N3O2P. The highest BCUT2D eigenvalue weighted by Gasteiger charge is 2.10. The van der Waals surface area contributed by atoms with Crippen LogP contribution in [-0.4, -0.2) is 10.9 Å². The second kappa shape index (κ2) is 8.30. The van der Waals surface area contributed by atoms with Crippen molar-refractivity contribution < 1.29 is 9.53 Å². The Morgan fingerprint density at radius 3 is 2.74 bits per heavy atom. The number of aromatic nitrogens is 1. The monoisotopic (exact) mass is 379 g/mol. The summed E-state index contributed by atoms with van der Waals surface area (Å²) in [6.07, 6.45) is 1.77. The molecule has 1 heterocycles. The van der Waals surface area contributed by atoms with E-state index in [4.69, 9.17) is 10.6 Å². The second-order valence-electron chi connectivity index (χ2n) is 6.31. The molecule has 1 unspecified atom stereocenters. The predicted molar refractivity (Wildman–Crippen MR) is 111 cm³/mol. The fraction of sp³-hybridized carbons (Fsp3) is 0.143. The van der Waals surface area contributed by atoms with Gasteiger partial charge >= 0.3 is 0 Å². The van der Waals surface area contributed by atoms with Crippen molar-refractivity contribution in [3.63, 3.8) is 0 Å². The lowest BCUT2D eigenvalue weighted by atomic mass is 10.0. The molecule has 0 bridgehead atoms. The van der Waals surface area contributed by atoms with Crippen molar-refractivity contribution in [2.45, 2.75) is 20.5 Å². The number of nitrogens with zero attached hydrogens (tertiary/aromatic N) is 1. The number of rotatable bonds is 5. The molecular weight excluding hydrogens is 357 g/mol. The standard InChI is InChI=1S/C21H22N3O2P/c1-13-10-16(6-7-17(13)21(25)24-22)18-11-15(8-9-23-18)12-26-19-4-3-5-20(27)14(19)2/h3-11H,12,22,27H2,1-2H3,(H,24,25). The molecule has 5 nitrogen and oxygen atoms in total. The molecule has 0 spiro atoms. The Hall–Kier alpha value is -2.75. The molecule has 3 aromatic rings. The second-order valence-corrected chi connectivity index (χ2v) is 6.93. The lowest BCUT2D eigenvalue weighted by Gasteiger charge is -2.12. The van der Waals surface area contributed by atoms with Gasteiger partial charge in [0.1, 0.15) is 12.4 Å². The Bertz CT molecular complexity index is 989. The minimum absolute atomic E-state index is 0.305. The van der Waals surface area contributed by atoms with Crippen LogP contribution in [0.25, 0.3) is 11.3 Å². The van der Waals surface area contributed by atoms with E-state index in [0.717, 1.165) is 39.0 Å². The molecule has 0 aliphatic rings. The zero-order valence-electron chi connectivity index (χ0n) is 15.3. The lowest BCUT2D eigenvalue weighted by molar-refractivity contribution is 0.0953. The third kappa shape index (κ3) is 4.33. The first-order valence-electron chi connectivity index (χ1n) is 8.54. The summed E-state index contributed by atoms with van der Waals surface area (Å²) in [6.45, 7) is 4.37. The van der Waals surface area contributed by atoms with E-state index in [9.17, 15) is 4.79 Å². The van der Waals surface area contributed by atoms with Crippen LogP contribution in [0.1, 0.15) is 27.0 Å². The quantitative estimate of drug-likeness (QED) is 0.309. The maximum atomic E-state index is 11.7. The number of carbonyl (C=O) groups is 1. The number of aryl methyl sites for hydroxylation is 1. The van der Waals surface area contributed by atoms with Crippen molar-refractivity contribution in [2.24, 2.45) is 5.84 Å². The first-order chi connectivity index (χ1) is 13.0. The highest BCUT2D eigenvalue weighted by Crippen LogP contribution is 2.23. The van der Waals surface area contributed by atoms with Gasteiger partial charge < -0.3 is 4.74 Å². The van der Waals surface area contributed by atoms with Gasteiger partial charge in [0.15, 0.2) is 0 Å². The van der Waals surface area contributed by atoms with Gasteiger partial charge in [0.2, 0.25) is 0 Å². The van der Waals surface area contributed by atoms with Gasteiger partial charge in [-0.2, -0.15) is 0 Å². The van der Waals surface area contributed by atoms with E-state index in [0.29, 0.717) is 12.2 Å². The Balaban J connectivity index is 1.80. The number of hydrogen-bond acceptors (Lipinski definition) is 4. The molecule has 3 N–H and O–H groups in total. The minimum atomic E-state index is -0.305. The van der Waals surface area contributed by atoms with Crippen LogP contribution >= 0.6 is 9.24 Å². The van der Waals surface area contributed by atoms with E-state index in [1.165, 1.54) is 0 Å². The predicted octanol–water partition coefficient (Wildman–Crippen LogP) is 3.05. The third-order valence-corrected chi connectivity index (χ3v) is 5.07. The van der Waals surface area contributed by atoms with Gasteiger partial charge in [-0.25, -0.2) is 5.84 Å². The van der Waals surface area contributed by atoms with Crippen molar-refractivity contribution in [1.82, 2.24) is 10.4 Å². The molecule has 2 aromatic carbocycles. The normalized spacial score (nSPS) is 10.5. The van der Waals surface area contributed by atoms with Gasteiger partial charge in [-0.1, -0.05) is 18.2 Å². The molecule has 3 rings (SSSR count). The van der Waals surface area contributed by atoms with Gasteiger partial charge in [-0.3, -0.25) is 15.2 Å². The van der Waals surface area contributed by atoms with Crippen molar-refractivity contribution >= 4 is 20.5 Å². The molecule has 1 aromatic heterocycles. The first kappa shape index (κ1) is 19.0. The summed E-state index contributed by atoms with van der Waals surface area (Å²) < 4.78 is 5.98. The summed E-state index contributed by atoms with van der Waals surface area (Å²) in [6, 6.07) is 15.5. The Labute approximate surface area is 161 Å². The SMILES string of the molecule is Cc1cc(-c2cc(COc3cccc(P)c3C)ccn2)ccc1C(=O)NN. The van der Waals surface area contributed by atoms with E-state index in [-0.39, 0.29) is 5.91 Å². The molecule has 0 aliphatic heterocycles. The fourth-order valence-corrected chi connectivity index (χ4v) is 3.08. The van der Waals surface area contributed by atoms with Gasteiger partial charge in [-0.15, -0.1) is 9.24 Å². The van der Waals surface area contributed by atoms with Crippen LogP contribution in [0.4, 0.5) is 0 Å². The van der Waals surface area contributed by atoms with Gasteiger partial charge in [0.05, 0.1) is 5.69 Å². The molecule has 1 amide bonds. The fourth-order valence-electron chi connectivity index (χ4n) is 2.83. The number of hydrazine groups is 1. The molecule has 27 heavy (non-hydrogen) atoms. The van der Waals surface area contributed by atoms with Crippen LogP contribution < -0.4 is 21.3 Å². The molecule has 0 saturated heterocycles. The van der Waals surface area contributed by atoms with Gasteiger partial charge in [-0.05, 0) is 66.2 Å². The van der Waals surface area contributed by atoms with E-state index >= 15 is 0 Å². The minimum Gasteiger partial charge on any atom is -0.489 e. The summed E-state index contributed by atoms with van der Waals surface area (Å²) in [5.74, 6) is 5.78. The average molecular weight is 379 g/mol. The zero-order valence-corrected chi connectivity index (χ0v) is 16.5. The number of amides is 1. The summed E-state index contributed by atoms with van der Waals surface area (Å²) in [5, 5.41) is 1.12. The van der Waals surface area contributed by atoms with E-state index in [1.807, 2.05) is 56.3 Å². The number of carbonyl (C=O) groups excluding carboxylic acids is 1. The largest absolute Gasteiger partial charge is 0.489 e. The Kier molecular flexibility index (Phi) is 5.84. The number of nitrogens with one attached hydrogen (secondary N) is 1. The van der Waals surface area contributed by atoms with E-state index in [1.54, 1.807) is 12.3 Å². The summed E-state index contributed by atoms with van der Waals surface area (Å²) in [4.78, 5) is 16.2. The number of hydrogen-bond donors (Lipinski definition) is 2. The summed E-state index contributed by atoms with van der Waals surface area (Å²) in [7, 11) is 2.71. The number of pyridine rings is 1. The van der Waals surface area contributed by atoms with Crippen LogP contribution in [0, 0.1) is 13.8 Å². The summed E-state index contributed by atoms with van der Waals surface area (Å²) >= 11 is 0. The molecule has 138 valence electrons. The van der Waals surface area contributed by atoms with Gasteiger partial charge in [0, 0.05) is 17.3 Å². The smallest absolute Gasteiger partial charge is 0.265 e. The van der Waals surface area contributed by atoms with Crippen LogP contribution in [0.3, 0.4) is 0 Å². The van der Waals surface area contributed by atoms with Crippen LogP contribution in [0.2, 0.25) is 0 Å². The van der Waals surface area contributed by atoms with E-state index in [2.05, 4.69) is 19.6 Å². The van der Waals surface area contributed by atoms with Crippen molar-refractivity contribution in [2.75, 3.05) is 0 Å². The van der Waals surface area contributed by atoms with Crippen molar-refractivity contribution in [3.05, 3.63) is 77.0 Å². The highest BCUT2D eigenvalue weighted by molar-refractivity contribution is 7.27. The number of ether oxygens (including phenoxy) is 1. The molecule has 0 fully saturated rings. The van der Waals surface area contributed by atoms with Crippen molar-refractivity contribution in [1.29, 1.82) is 0 Å². The topological polar surface area (TPSA) is 77.2 Å². The average Bonchev–Trinajstić information content (AvgIpc) is 2.68. The Morgan fingerprint density at radius 2 is 2.00 bits per heavy atom. The van der Waals surface area contributed by atoms with Crippen LogP contribution in [0.15, 0.2) is 54.7 Å².